The highest BCUT2D eigenvalue weighted by atomic mass is 32.2. The molecular formula is C18H24N2O4S. The van der Waals surface area contributed by atoms with Crippen molar-refractivity contribution >= 4 is 23.8 Å². The Balaban J connectivity index is 1.92. The maximum atomic E-state index is 11.8. The van der Waals surface area contributed by atoms with E-state index >= 15 is 0 Å². The zero-order valence-corrected chi connectivity index (χ0v) is 15.4. The molecule has 1 aliphatic carbocycles. The zero-order chi connectivity index (χ0) is 18.2. The fraction of sp³-hybridized carbons (Fsp3) is 0.556. The number of esters is 1. The van der Waals surface area contributed by atoms with Gasteiger partial charge in [-0.3, -0.25) is 14.3 Å². The first-order chi connectivity index (χ1) is 12.0. The second kappa shape index (κ2) is 9.56. The van der Waals surface area contributed by atoms with E-state index in [9.17, 15) is 14.5 Å². The average Bonchev–Trinajstić information content (AvgIpc) is 2.62. The predicted molar refractivity (Wildman–Crippen MR) is 97.8 cm³/mol. The van der Waals surface area contributed by atoms with E-state index in [-0.39, 0.29) is 0 Å². The molecule has 1 aromatic rings. The van der Waals surface area contributed by atoms with Gasteiger partial charge >= 0.3 is 5.97 Å². The largest absolute Gasteiger partial charge is 0.453 e. The number of hydrogen-bond donors (Lipinski definition) is 1. The van der Waals surface area contributed by atoms with Gasteiger partial charge in [0.15, 0.2) is 11.5 Å². The van der Waals surface area contributed by atoms with Crippen LogP contribution in [0.2, 0.25) is 0 Å². The summed E-state index contributed by atoms with van der Waals surface area (Å²) in [7, 11) is 0. The lowest BCUT2D eigenvalue weighted by molar-refractivity contribution is -0.151. The van der Waals surface area contributed by atoms with Gasteiger partial charge < -0.3 is 4.74 Å². The van der Waals surface area contributed by atoms with E-state index in [0.29, 0.717) is 5.92 Å². The van der Waals surface area contributed by atoms with Crippen molar-refractivity contribution in [2.24, 2.45) is 5.18 Å². The Morgan fingerprint density at radius 2 is 1.84 bits per heavy atom. The highest BCUT2D eigenvalue weighted by Gasteiger charge is 2.20. The third-order valence-corrected chi connectivity index (χ3v) is 5.28. The first kappa shape index (κ1) is 19.4. The number of nitrogens with one attached hydrogen (secondary N) is 1. The molecule has 2 unspecified atom stereocenters. The topological polar surface area (TPSA) is 84.8 Å². The van der Waals surface area contributed by atoms with Crippen LogP contribution in [0, 0.1) is 4.91 Å². The molecule has 0 heterocycles. The molecule has 0 aromatic heterocycles. The second-order valence-corrected chi connectivity index (χ2v) is 7.18. The summed E-state index contributed by atoms with van der Waals surface area (Å²) in [6.45, 7) is 2.71. The molecule has 2 rings (SSSR count). The number of carbonyl (C=O) groups is 2. The van der Waals surface area contributed by atoms with Gasteiger partial charge in [-0.05, 0) is 53.9 Å². The molecule has 0 bridgehead atoms. The number of benzene rings is 1. The maximum Gasteiger partial charge on any atom is 0.303 e. The number of carbonyl (C=O) groups excluding carboxylic acids is 2. The monoisotopic (exact) mass is 364 g/mol. The van der Waals surface area contributed by atoms with Crippen LogP contribution in [0.4, 0.5) is 0 Å². The summed E-state index contributed by atoms with van der Waals surface area (Å²) in [6, 6.07) is 7.88. The summed E-state index contributed by atoms with van der Waals surface area (Å²) < 4.78 is 7.32. The fourth-order valence-electron chi connectivity index (χ4n) is 3.02. The van der Waals surface area contributed by atoms with Gasteiger partial charge in [0.2, 0.25) is 0 Å². The fourth-order valence-corrected chi connectivity index (χ4v) is 3.75. The summed E-state index contributed by atoms with van der Waals surface area (Å²) in [4.78, 5) is 33.8. The Hall–Kier alpha value is -1.89. The molecule has 1 saturated carbocycles. The number of amides is 1. The zero-order valence-electron chi connectivity index (χ0n) is 14.6. The van der Waals surface area contributed by atoms with Crippen molar-refractivity contribution in [3.05, 3.63) is 40.3 Å². The first-order valence-electron chi connectivity index (χ1n) is 8.56. The van der Waals surface area contributed by atoms with Crippen LogP contribution in [0.1, 0.15) is 68.4 Å². The van der Waals surface area contributed by atoms with Gasteiger partial charge in [-0.2, -0.15) is 0 Å². The van der Waals surface area contributed by atoms with E-state index in [1.165, 1.54) is 51.5 Å². The molecule has 7 heteroatoms. The quantitative estimate of drug-likeness (QED) is 0.445. The highest BCUT2D eigenvalue weighted by Crippen LogP contribution is 2.34. The van der Waals surface area contributed by atoms with Crippen molar-refractivity contribution in [1.29, 1.82) is 0 Å². The highest BCUT2D eigenvalue weighted by molar-refractivity contribution is 7.98. The lowest BCUT2D eigenvalue weighted by atomic mass is 9.84. The Kier molecular flexibility index (Phi) is 7.43. The molecule has 2 atom stereocenters. The maximum absolute atomic E-state index is 11.8. The molecule has 0 saturated heterocycles. The standard InChI is InChI=1S/C18H24N2O4S/c1-12(24-13(2)21)17(22)20-25-18(19-23)16-10-8-15(9-11-16)14-6-4-3-5-7-14/h8-12,14,18H,3-7H2,1-2H3,(H,20,22). The van der Waals surface area contributed by atoms with Crippen molar-refractivity contribution in [2.45, 2.75) is 63.3 Å². The lowest BCUT2D eigenvalue weighted by Gasteiger charge is -2.22. The molecule has 1 aliphatic rings. The van der Waals surface area contributed by atoms with Gasteiger partial charge in [0.25, 0.3) is 5.91 Å². The van der Waals surface area contributed by atoms with Crippen molar-refractivity contribution in [1.82, 2.24) is 4.72 Å². The Labute approximate surface area is 152 Å². The number of nitrogens with zero attached hydrogens (tertiary/aromatic N) is 1. The minimum absolute atomic E-state index is 0.479. The van der Waals surface area contributed by atoms with Crippen molar-refractivity contribution in [3.63, 3.8) is 0 Å². The van der Waals surface area contributed by atoms with Gasteiger partial charge in [-0.25, -0.2) is 0 Å². The summed E-state index contributed by atoms with van der Waals surface area (Å²) in [6.07, 6.45) is 5.38. The van der Waals surface area contributed by atoms with E-state index in [1.807, 2.05) is 24.3 Å². The lowest BCUT2D eigenvalue weighted by Crippen LogP contribution is -2.32. The second-order valence-electron chi connectivity index (χ2n) is 6.30. The Morgan fingerprint density at radius 1 is 1.20 bits per heavy atom. The molecule has 1 N–H and O–H groups in total. The van der Waals surface area contributed by atoms with Crippen molar-refractivity contribution in [2.75, 3.05) is 0 Å². The number of ether oxygens (including phenoxy) is 1. The van der Waals surface area contributed by atoms with Gasteiger partial charge in [0.1, 0.15) is 0 Å². The Bertz CT molecular complexity index is 600. The summed E-state index contributed by atoms with van der Waals surface area (Å²) in [5.41, 5.74) is 2.03. The normalized spacial score (nSPS) is 17.4. The van der Waals surface area contributed by atoms with E-state index in [4.69, 9.17) is 4.74 Å². The minimum atomic E-state index is -0.911. The van der Waals surface area contributed by atoms with E-state index < -0.39 is 23.4 Å². The molecule has 0 spiro atoms. The summed E-state index contributed by atoms with van der Waals surface area (Å²) in [5, 5.41) is 2.34. The van der Waals surface area contributed by atoms with E-state index in [2.05, 4.69) is 9.90 Å². The van der Waals surface area contributed by atoms with Crippen molar-refractivity contribution in [3.8, 4) is 0 Å². The van der Waals surface area contributed by atoms with Crippen LogP contribution in [0.15, 0.2) is 29.4 Å². The van der Waals surface area contributed by atoms with Crippen LogP contribution in [0.3, 0.4) is 0 Å². The number of hydrogen-bond acceptors (Lipinski definition) is 6. The van der Waals surface area contributed by atoms with Crippen LogP contribution in [0.5, 0.6) is 0 Å². The molecule has 0 radical (unpaired) electrons. The third kappa shape index (κ3) is 5.85. The molecule has 1 fully saturated rings. The van der Waals surface area contributed by atoms with Crippen molar-refractivity contribution < 1.29 is 14.3 Å². The molecule has 136 valence electrons. The summed E-state index contributed by atoms with van der Waals surface area (Å²) in [5.74, 6) is -0.411. The molecule has 1 amide bonds. The molecular weight excluding hydrogens is 340 g/mol. The first-order valence-corrected chi connectivity index (χ1v) is 9.44. The molecule has 1 aromatic carbocycles. The van der Waals surface area contributed by atoms with Crippen LogP contribution in [0.25, 0.3) is 0 Å². The summed E-state index contributed by atoms with van der Waals surface area (Å²) >= 11 is 0.910. The average molecular weight is 364 g/mol. The van der Waals surface area contributed by atoms with Gasteiger partial charge in [-0.15, -0.1) is 4.91 Å². The van der Waals surface area contributed by atoms with Gasteiger partial charge in [-0.1, -0.05) is 43.5 Å². The van der Waals surface area contributed by atoms with E-state index in [0.717, 1.165) is 17.5 Å². The van der Waals surface area contributed by atoms with Crippen LogP contribution in [-0.4, -0.2) is 18.0 Å². The van der Waals surface area contributed by atoms with E-state index in [1.54, 1.807) is 0 Å². The number of nitroso groups, excluding NO2 is 1. The Morgan fingerprint density at radius 3 is 2.40 bits per heavy atom. The molecule has 0 aliphatic heterocycles. The van der Waals surface area contributed by atoms with Crippen LogP contribution >= 0.6 is 11.9 Å². The SMILES string of the molecule is CC(=O)OC(C)C(=O)NSC(N=O)c1ccc(C2CCCCC2)cc1. The van der Waals surface area contributed by atoms with Crippen LogP contribution in [-0.2, 0) is 14.3 Å². The molecule has 25 heavy (non-hydrogen) atoms. The predicted octanol–water partition coefficient (Wildman–Crippen LogP) is 4.22. The van der Waals surface area contributed by atoms with Gasteiger partial charge in [0.05, 0.1) is 0 Å². The number of rotatable bonds is 7. The third-order valence-electron chi connectivity index (χ3n) is 4.38. The smallest absolute Gasteiger partial charge is 0.303 e. The van der Waals surface area contributed by atoms with Crippen LogP contribution < -0.4 is 4.72 Å². The van der Waals surface area contributed by atoms with Gasteiger partial charge in [0, 0.05) is 6.92 Å². The molecule has 6 nitrogen and oxygen atoms in total. The minimum Gasteiger partial charge on any atom is -0.453 e.